The third-order valence-electron chi connectivity index (χ3n) is 5.64. The monoisotopic (exact) mass is 471 g/mol. The summed E-state index contributed by atoms with van der Waals surface area (Å²) in [5, 5.41) is 12.8. The average Bonchev–Trinajstić information content (AvgIpc) is 2.88. The summed E-state index contributed by atoms with van der Waals surface area (Å²) >= 11 is 0. The highest BCUT2D eigenvalue weighted by Crippen LogP contribution is 2.58. The van der Waals surface area contributed by atoms with Gasteiger partial charge in [-0.1, -0.05) is 66.7 Å². The van der Waals surface area contributed by atoms with Crippen LogP contribution in [0.1, 0.15) is 18.4 Å². The Bertz CT molecular complexity index is 1050. The zero-order valence-electron chi connectivity index (χ0n) is 18.5. The molecule has 0 aromatic heterocycles. The fourth-order valence-electron chi connectivity index (χ4n) is 4.07. The molecule has 2 nitrogen and oxygen atoms in total. The summed E-state index contributed by atoms with van der Waals surface area (Å²) in [7, 11) is -1.90. The van der Waals surface area contributed by atoms with Gasteiger partial charge >= 0.3 is 0 Å². The molecular weight excluding hydrogens is 445 g/mol. The van der Waals surface area contributed by atoms with Gasteiger partial charge in [0.1, 0.15) is 28.9 Å². The number of benzene rings is 4. The SMILES string of the molecule is N#CCCCOc1ccc(C[P+](c2ccccc2)(c2ccccc2)c2ccccc2)cc1.[Cl-]. The summed E-state index contributed by atoms with van der Waals surface area (Å²) in [4.78, 5) is 0. The van der Waals surface area contributed by atoms with E-state index in [2.05, 4.69) is 121 Å². The molecule has 0 aliphatic carbocycles. The van der Waals surface area contributed by atoms with Crippen LogP contribution in [0.25, 0.3) is 0 Å². The van der Waals surface area contributed by atoms with Crippen LogP contribution in [0, 0.1) is 11.3 Å². The first kappa shape index (κ1) is 24.5. The van der Waals surface area contributed by atoms with Crippen LogP contribution in [0.3, 0.4) is 0 Å². The van der Waals surface area contributed by atoms with Crippen LogP contribution < -0.4 is 33.1 Å². The molecule has 4 aromatic carbocycles. The summed E-state index contributed by atoms with van der Waals surface area (Å²) < 4.78 is 5.81. The zero-order chi connectivity index (χ0) is 22.1. The largest absolute Gasteiger partial charge is 1.00 e. The van der Waals surface area contributed by atoms with Gasteiger partial charge < -0.3 is 17.1 Å². The smallest absolute Gasteiger partial charge is 0.119 e. The Morgan fingerprint density at radius 1 is 0.636 bits per heavy atom. The van der Waals surface area contributed by atoms with Crippen LogP contribution in [0.4, 0.5) is 0 Å². The molecule has 0 saturated heterocycles. The number of nitrogens with zero attached hydrogens (tertiary/aromatic N) is 1. The summed E-state index contributed by atoms with van der Waals surface area (Å²) in [6.07, 6.45) is 2.22. The van der Waals surface area contributed by atoms with Crippen LogP contribution >= 0.6 is 7.26 Å². The van der Waals surface area contributed by atoms with Crippen LogP contribution in [-0.2, 0) is 6.16 Å². The molecule has 0 unspecified atom stereocenters. The third kappa shape index (κ3) is 5.82. The summed E-state index contributed by atoms with van der Waals surface area (Å²) in [5.74, 6) is 0.856. The Kier molecular flexibility index (Phi) is 9.08. The van der Waals surface area contributed by atoms with Crippen molar-refractivity contribution in [2.24, 2.45) is 0 Å². The van der Waals surface area contributed by atoms with Gasteiger partial charge in [-0.3, -0.25) is 0 Å². The molecule has 0 spiro atoms. The summed E-state index contributed by atoms with van der Waals surface area (Å²) in [5.41, 5.74) is 1.29. The second-order valence-electron chi connectivity index (χ2n) is 7.73. The Morgan fingerprint density at radius 3 is 1.52 bits per heavy atom. The third-order valence-corrected chi connectivity index (χ3v) is 10.0. The molecule has 0 fully saturated rings. The van der Waals surface area contributed by atoms with Crippen molar-refractivity contribution < 1.29 is 17.1 Å². The first-order valence-corrected chi connectivity index (χ1v) is 12.9. The van der Waals surface area contributed by atoms with E-state index in [0.717, 1.165) is 18.3 Å². The number of hydrogen-bond donors (Lipinski definition) is 0. The molecule has 0 aliphatic rings. The van der Waals surface area contributed by atoms with E-state index in [0.29, 0.717) is 13.0 Å². The normalized spacial score (nSPS) is 10.6. The molecule has 166 valence electrons. The minimum Gasteiger partial charge on any atom is -1.00 e. The number of ether oxygens (including phenoxy) is 1. The number of rotatable bonds is 9. The van der Waals surface area contributed by atoms with Gasteiger partial charge in [0.05, 0.1) is 18.8 Å². The molecule has 0 atom stereocenters. The molecule has 4 heteroatoms. The van der Waals surface area contributed by atoms with Crippen molar-refractivity contribution in [1.82, 2.24) is 0 Å². The second kappa shape index (κ2) is 12.2. The van der Waals surface area contributed by atoms with Gasteiger partial charge in [-0.2, -0.15) is 5.26 Å². The maximum absolute atomic E-state index is 8.69. The molecule has 0 heterocycles. The van der Waals surface area contributed by atoms with Crippen LogP contribution in [-0.4, -0.2) is 6.61 Å². The van der Waals surface area contributed by atoms with Crippen LogP contribution in [0.5, 0.6) is 5.75 Å². The quantitative estimate of drug-likeness (QED) is 0.278. The van der Waals surface area contributed by atoms with E-state index < -0.39 is 7.26 Å². The molecule has 0 N–H and O–H groups in total. The lowest BCUT2D eigenvalue weighted by atomic mass is 10.2. The molecule has 33 heavy (non-hydrogen) atoms. The predicted molar refractivity (Wildman–Crippen MR) is 136 cm³/mol. The van der Waals surface area contributed by atoms with Crippen LogP contribution in [0.15, 0.2) is 115 Å². The predicted octanol–water partition coefficient (Wildman–Crippen LogP) is 2.87. The Hall–Kier alpha value is -3.11. The molecule has 0 aliphatic heterocycles. The molecule has 4 aromatic rings. The fourth-order valence-corrected chi connectivity index (χ4v) is 8.32. The minimum atomic E-state index is -1.90. The molecular formula is C29H27ClNOP. The number of hydrogen-bond acceptors (Lipinski definition) is 2. The van der Waals surface area contributed by atoms with Gasteiger partial charge in [-0.15, -0.1) is 0 Å². The minimum absolute atomic E-state index is 0. The van der Waals surface area contributed by atoms with E-state index in [4.69, 9.17) is 10.00 Å². The first-order valence-electron chi connectivity index (χ1n) is 11.0. The highest BCUT2D eigenvalue weighted by Gasteiger charge is 2.45. The number of halogens is 1. The standard InChI is InChI=1S/C29H27NOP.ClH/c30-22-10-11-23-31-26-20-18-25(19-21-26)24-32(27-12-4-1-5-13-27,28-14-6-2-7-15-28)29-16-8-3-9-17-29;/h1-9,12-21H,10-11,23-24H2;1H/q+1;/p-1. The number of nitriles is 1. The topological polar surface area (TPSA) is 33.0 Å². The lowest BCUT2D eigenvalue weighted by Gasteiger charge is -2.28. The van der Waals surface area contributed by atoms with Crippen molar-refractivity contribution in [3.8, 4) is 11.8 Å². The van der Waals surface area contributed by atoms with Gasteiger partial charge in [-0.05, 0) is 60.5 Å². The van der Waals surface area contributed by atoms with E-state index in [1.54, 1.807) is 0 Å². The lowest BCUT2D eigenvalue weighted by Crippen LogP contribution is -3.00. The molecule has 4 rings (SSSR count). The maximum Gasteiger partial charge on any atom is 0.119 e. The van der Waals surface area contributed by atoms with E-state index >= 15 is 0 Å². The van der Waals surface area contributed by atoms with Crippen molar-refractivity contribution in [2.45, 2.75) is 19.0 Å². The zero-order valence-corrected chi connectivity index (χ0v) is 20.1. The highest BCUT2D eigenvalue weighted by atomic mass is 35.5. The van der Waals surface area contributed by atoms with Gasteiger partial charge in [0.25, 0.3) is 0 Å². The van der Waals surface area contributed by atoms with Gasteiger partial charge in [0.15, 0.2) is 0 Å². The van der Waals surface area contributed by atoms with Crippen molar-refractivity contribution >= 4 is 23.2 Å². The number of unbranched alkanes of at least 4 members (excludes halogenated alkanes) is 1. The fraction of sp³-hybridized carbons (Fsp3) is 0.138. The Labute approximate surface area is 203 Å². The van der Waals surface area contributed by atoms with Gasteiger partial charge in [0, 0.05) is 6.42 Å². The summed E-state index contributed by atoms with van der Waals surface area (Å²) in [6, 6.07) is 43.5. The van der Waals surface area contributed by atoms with Crippen molar-refractivity contribution in [3.05, 3.63) is 121 Å². The van der Waals surface area contributed by atoms with E-state index in [9.17, 15) is 0 Å². The molecule has 0 amide bonds. The Morgan fingerprint density at radius 2 is 1.09 bits per heavy atom. The average molecular weight is 472 g/mol. The second-order valence-corrected chi connectivity index (χ2v) is 11.2. The van der Waals surface area contributed by atoms with Crippen molar-refractivity contribution in [1.29, 1.82) is 5.26 Å². The highest BCUT2D eigenvalue weighted by molar-refractivity contribution is 7.95. The molecule has 0 radical (unpaired) electrons. The van der Waals surface area contributed by atoms with E-state index in [1.165, 1.54) is 21.5 Å². The summed E-state index contributed by atoms with van der Waals surface area (Å²) in [6.45, 7) is 0.571. The van der Waals surface area contributed by atoms with Crippen molar-refractivity contribution in [2.75, 3.05) is 6.61 Å². The van der Waals surface area contributed by atoms with E-state index in [-0.39, 0.29) is 12.4 Å². The van der Waals surface area contributed by atoms with Gasteiger partial charge in [0.2, 0.25) is 0 Å². The first-order chi connectivity index (χ1) is 15.8. The maximum atomic E-state index is 8.69. The molecule has 0 bridgehead atoms. The van der Waals surface area contributed by atoms with Crippen LogP contribution in [0.2, 0.25) is 0 Å². The molecule has 0 saturated carbocycles. The Balaban J connectivity index is 0.00000306. The lowest BCUT2D eigenvalue weighted by molar-refractivity contribution is -0.00000699. The van der Waals surface area contributed by atoms with Crippen molar-refractivity contribution in [3.63, 3.8) is 0 Å². The van der Waals surface area contributed by atoms with Gasteiger partial charge in [-0.25, -0.2) is 0 Å². The van der Waals surface area contributed by atoms with E-state index in [1.807, 2.05) is 0 Å².